The molecule has 0 radical (unpaired) electrons. The zero-order valence-electron chi connectivity index (χ0n) is 11.5. The van der Waals surface area contributed by atoms with E-state index in [0.717, 1.165) is 24.3 Å². The number of ketones is 2. The van der Waals surface area contributed by atoms with E-state index in [1.54, 1.807) is 0 Å². The molecule has 2 N–H and O–H groups in total. The Balaban J connectivity index is 2.39. The van der Waals surface area contributed by atoms with Crippen molar-refractivity contribution in [3.8, 4) is 11.5 Å². The summed E-state index contributed by atoms with van der Waals surface area (Å²) in [6.07, 6.45) is 0. The fourth-order valence-corrected chi connectivity index (χ4v) is 3.79. The predicted molar refractivity (Wildman–Crippen MR) is 77.5 cm³/mol. The number of aromatic hydroxyl groups is 2. The molecular weight excluding hydrogens is 360 g/mol. The first kappa shape index (κ1) is 16.5. The van der Waals surface area contributed by atoms with Crippen molar-refractivity contribution in [3.63, 3.8) is 0 Å². The van der Waals surface area contributed by atoms with E-state index in [-0.39, 0.29) is 11.1 Å². The van der Waals surface area contributed by atoms with Gasteiger partial charge in [0.25, 0.3) is 0 Å². The Hall–Kier alpha value is -2.40. The minimum Gasteiger partial charge on any atom is -0.768 e. The number of benzene rings is 2. The first-order chi connectivity index (χ1) is 11.2. The van der Waals surface area contributed by atoms with Gasteiger partial charge in [-0.2, -0.15) is 0 Å². The topological polar surface area (TPSA) is 155 Å². The molecule has 3 rings (SSSR count). The third-order valence-electron chi connectivity index (χ3n) is 3.55. The average Bonchev–Trinajstić information content (AvgIpc) is 2.53. The van der Waals surface area contributed by atoms with Crippen LogP contribution in [-0.2, 0) is 22.2 Å². The van der Waals surface area contributed by atoms with Gasteiger partial charge in [0.2, 0.25) is 0 Å². The molecule has 124 valence electrons. The second-order valence-electron chi connectivity index (χ2n) is 4.83. The van der Waals surface area contributed by atoms with Crippen molar-refractivity contribution < 1.29 is 37.3 Å². The summed E-state index contributed by atoms with van der Waals surface area (Å²) in [5.41, 5.74) is -1.68. The maximum Gasteiger partial charge on any atom is 0.198 e. The van der Waals surface area contributed by atoms with Gasteiger partial charge in [0, 0.05) is 20.9 Å². The molecule has 24 heavy (non-hydrogen) atoms. The van der Waals surface area contributed by atoms with Gasteiger partial charge in [-0.25, -0.2) is 0 Å². The summed E-state index contributed by atoms with van der Waals surface area (Å²) in [5, 5.41) is 19.6. The molecule has 0 aliphatic heterocycles. The molecular formula is C14H6O8S2-2. The van der Waals surface area contributed by atoms with Gasteiger partial charge in [0.05, 0.1) is 11.1 Å². The van der Waals surface area contributed by atoms with Crippen LogP contribution in [0, 0.1) is 0 Å². The van der Waals surface area contributed by atoms with Crippen molar-refractivity contribution in [1.82, 2.24) is 0 Å². The number of carbonyl (C=O) groups is 2. The van der Waals surface area contributed by atoms with Gasteiger partial charge in [-0.05, 0) is 46.4 Å². The fourth-order valence-electron chi connectivity index (χ4n) is 2.51. The molecule has 1 aliphatic rings. The average molecular weight is 366 g/mol. The van der Waals surface area contributed by atoms with Crippen LogP contribution in [0.1, 0.15) is 31.8 Å². The minimum absolute atomic E-state index is 0.373. The van der Waals surface area contributed by atoms with E-state index in [9.17, 15) is 37.3 Å². The van der Waals surface area contributed by atoms with E-state index in [1.165, 1.54) is 0 Å². The third kappa shape index (κ3) is 2.27. The molecule has 0 saturated carbocycles. The van der Waals surface area contributed by atoms with E-state index in [2.05, 4.69) is 0 Å². The molecule has 0 heterocycles. The van der Waals surface area contributed by atoms with Gasteiger partial charge in [-0.1, -0.05) is 0 Å². The standard InChI is InChI=1S/C14H8O8S2/c15-7-1-2-8(16)12-11(7)13(17)5-3-9(23(19)20)10(24(21)22)4-6(5)14(12)18/h1-4,15-16H,(H,19,20)(H,21,22)/p-2. The van der Waals surface area contributed by atoms with Crippen molar-refractivity contribution in [2.45, 2.75) is 9.79 Å². The smallest absolute Gasteiger partial charge is 0.198 e. The van der Waals surface area contributed by atoms with Crippen molar-refractivity contribution in [2.75, 3.05) is 0 Å². The molecule has 0 saturated heterocycles. The maximum atomic E-state index is 12.5. The van der Waals surface area contributed by atoms with Gasteiger partial charge < -0.3 is 19.3 Å². The van der Waals surface area contributed by atoms with Crippen LogP contribution >= 0.6 is 0 Å². The zero-order chi connectivity index (χ0) is 17.8. The lowest BCUT2D eigenvalue weighted by atomic mass is 9.83. The lowest BCUT2D eigenvalue weighted by Crippen LogP contribution is -2.22. The van der Waals surface area contributed by atoms with E-state index >= 15 is 0 Å². The molecule has 0 amide bonds. The Kier molecular flexibility index (Phi) is 3.84. The number of carbonyl (C=O) groups excluding carboxylic acids is 2. The lowest BCUT2D eigenvalue weighted by molar-refractivity contribution is 0.0973. The first-order valence-electron chi connectivity index (χ1n) is 6.25. The van der Waals surface area contributed by atoms with Crippen LogP contribution in [-0.4, -0.2) is 39.3 Å². The Morgan fingerprint density at radius 1 is 0.750 bits per heavy atom. The molecule has 1 aliphatic carbocycles. The van der Waals surface area contributed by atoms with Crippen molar-refractivity contribution >= 4 is 33.7 Å². The van der Waals surface area contributed by atoms with Gasteiger partial charge in [0.15, 0.2) is 11.6 Å². The Labute approximate surface area is 139 Å². The summed E-state index contributed by atoms with van der Waals surface area (Å²) >= 11 is -5.94. The number of phenols is 2. The minimum atomic E-state index is -2.97. The van der Waals surface area contributed by atoms with Gasteiger partial charge in [0.1, 0.15) is 11.5 Å². The molecule has 0 fully saturated rings. The predicted octanol–water partition coefficient (Wildman–Crippen LogP) is 0.349. The summed E-state index contributed by atoms with van der Waals surface area (Å²) in [6, 6.07) is 3.54. The highest BCUT2D eigenvalue weighted by Gasteiger charge is 2.35. The number of phenolic OH excluding ortho intramolecular Hbond substituents is 2. The molecule has 8 nitrogen and oxygen atoms in total. The summed E-state index contributed by atoms with van der Waals surface area (Å²) in [7, 11) is 0. The Bertz CT molecular complexity index is 901. The first-order valence-corrected chi connectivity index (χ1v) is 8.40. The molecule has 0 bridgehead atoms. The van der Waals surface area contributed by atoms with Crippen LogP contribution < -0.4 is 0 Å². The number of hydrogen-bond donors (Lipinski definition) is 2. The van der Waals surface area contributed by atoms with E-state index in [1.807, 2.05) is 0 Å². The largest absolute Gasteiger partial charge is 0.768 e. The van der Waals surface area contributed by atoms with E-state index in [4.69, 9.17) is 0 Å². The van der Waals surface area contributed by atoms with Crippen molar-refractivity contribution in [3.05, 3.63) is 46.5 Å². The summed E-state index contributed by atoms with van der Waals surface area (Å²) in [5.74, 6) is -2.92. The molecule has 10 heteroatoms. The summed E-state index contributed by atoms with van der Waals surface area (Å²) < 4.78 is 44.8. The molecule has 0 spiro atoms. The zero-order valence-corrected chi connectivity index (χ0v) is 13.1. The SMILES string of the molecule is O=C1c2cc(S(=O)[O-])c(S(=O)[O-])cc2C(=O)c2c(O)ccc(O)c21. The van der Waals surface area contributed by atoms with Crippen LogP contribution in [0.3, 0.4) is 0 Å². The van der Waals surface area contributed by atoms with Gasteiger partial charge in [-0.15, -0.1) is 0 Å². The van der Waals surface area contributed by atoms with Crippen molar-refractivity contribution in [2.24, 2.45) is 0 Å². The van der Waals surface area contributed by atoms with Gasteiger partial charge >= 0.3 is 0 Å². The normalized spacial score (nSPS) is 15.6. The molecule has 2 unspecified atom stereocenters. The quantitative estimate of drug-likeness (QED) is 0.486. The van der Waals surface area contributed by atoms with Gasteiger partial charge in [-0.3, -0.25) is 18.0 Å². The summed E-state index contributed by atoms with van der Waals surface area (Å²) in [6.45, 7) is 0. The van der Waals surface area contributed by atoms with E-state index < -0.39 is 66.1 Å². The molecule has 0 aromatic heterocycles. The van der Waals surface area contributed by atoms with Crippen LogP contribution in [0.25, 0.3) is 0 Å². The Morgan fingerprint density at radius 2 is 1.08 bits per heavy atom. The highest BCUT2D eigenvalue weighted by molar-refractivity contribution is 7.82. The third-order valence-corrected chi connectivity index (χ3v) is 5.07. The highest BCUT2D eigenvalue weighted by Crippen LogP contribution is 2.38. The molecule has 2 aromatic carbocycles. The summed E-state index contributed by atoms with van der Waals surface area (Å²) in [4.78, 5) is 23.7. The van der Waals surface area contributed by atoms with E-state index in [0.29, 0.717) is 0 Å². The van der Waals surface area contributed by atoms with Crippen LogP contribution in [0.2, 0.25) is 0 Å². The Morgan fingerprint density at radius 3 is 1.38 bits per heavy atom. The van der Waals surface area contributed by atoms with Crippen molar-refractivity contribution in [1.29, 1.82) is 0 Å². The second kappa shape index (κ2) is 5.60. The number of hydrogen-bond acceptors (Lipinski definition) is 8. The second-order valence-corrected chi connectivity index (χ2v) is 6.64. The van der Waals surface area contributed by atoms with Crippen LogP contribution in [0.15, 0.2) is 34.1 Å². The molecule has 2 aromatic rings. The number of rotatable bonds is 2. The maximum absolute atomic E-state index is 12.5. The fraction of sp³-hybridized carbons (Fsp3) is 0. The lowest BCUT2D eigenvalue weighted by Gasteiger charge is -2.22. The highest BCUT2D eigenvalue weighted by atomic mass is 32.2. The monoisotopic (exact) mass is 366 g/mol. The van der Waals surface area contributed by atoms with Crippen LogP contribution in [0.4, 0.5) is 0 Å². The number of fused-ring (bicyclic) bond motifs is 2. The molecule has 2 atom stereocenters. The van der Waals surface area contributed by atoms with Crippen LogP contribution in [0.5, 0.6) is 11.5 Å².